The van der Waals surface area contributed by atoms with Crippen LogP contribution in [0.4, 0.5) is 11.4 Å². The van der Waals surface area contributed by atoms with Gasteiger partial charge in [-0.15, -0.1) is 11.8 Å². The minimum Gasteiger partial charge on any atom is -0.325 e. The quantitative estimate of drug-likeness (QED) is 0.118. The van der Waals surface area contributed by atoms with Crippen LogP contribution in [0, 0.1) is 13.8 Å². The molecule has 0 saturated heterocycles. The Hall–Kier alpha value is -5.14. The number of carbonyl (C=O) groups excluding carboxylic acids is 3. The molecule has 5 rings (SSSR count). The van der Waals surface area contributed by atoms with Gasteiger partial charge in [0.25, 0.3) is 11.8 Å². The van der Waals surface area contributed by atoms with Crippen molar-refractivity contribution >= 4 is 57.7 Å². The molecule has 1 atom stereocenters. The number of aryl methyl sites for hydroxylation is 1. The Morgan fingerprint density at radius 3 is 2.18 bits per heavy atom. The number of anilines is 2. The highest BCUT2D eigenvalue weighted by Crippen LogP contribution is 2.27. The van der Waals surface area contributed by atoms with E-state index < -0.39 is 5.91 Å². The molecule has 0 aliphatic carbocycles. The molecular formula is C37H33N3O3S. The van der Waals surface area contributed by atoms with Crippen LogP contribution in [0.3, 0.4) is 0 Å². The zero-order valence-electron chi connectivity index (χ0n) is 24.8. The van der Waals surface area contributed by atoms with Crippen molar-refractivity contribution in [1.82, 2.24) is 5.32 Å². The number of hydrogen-bond donors (Lipinski definition) is 3. The van der Waals surface area contributed by atoms with Gasteiger partial charge in [0, 0.05) is 21.8 Å². The first kappa shape index (κ1) is 30.3. The minimum atomic E-state index is -0.455. The number of rotatable bonds is 9. The fraction of sp³-hybridized carbons (Fsp3) is 0.108. The van der Waals surface area contributed by atoms with Gasteiger partial charge in [0.1, 0.15) is 5.70 Å². The van der Waals surface area contributed by atoms with E-state index in [0.29, 0.717) is 11.3 Å². The third-order valence-electron chi connectivity index (χ3n) is 7.31. The lowest BCUT2D eigenvalue weighted by atomic mass is 10.0. The van der Waals surface area contributed by atoms with Gasteiger partial charge in [-0.1, -0.05) is 72.8 Å². The first-order valence-corrected chi connectivity index (χ1v) is 15.2. The van der Waals surface area contributed by atoms with Gasteiger partial charge in [-0.25, -0.2) is 0 Å². The maximum atomic E-state index is 13.5. The summed E-state index contributed by atoms with van der Waals surface area (Å²) < 4.78 is 0. The lowest BCUT2D eigenvalue weighted by Gasteiger charge is -2.15. The summed E-state index contributed by atoms with van der Waals surface area (Å²) in [5, 5.41) is 10.4. The Balaban J connectivity index is 1.31. The average Bonchev–Trinajstić information content (AvgIpc) is 3.04. The predicted molar refractivity (Wildman–Crippen MR) is 181 cm³/mol. The predicted octanol–water partition coefficient (Wildman–Crippen LogP) is 7.99. The van der Waals surface area contributed by atoms with Gasteiger partial charge in [0.05, 0.1) is 5.25 Å². The summed E-state index contributed by atoms with van der Waals surface area (Å²) in [6.07, 6.45) is 1.69. The third kappa shape index (κ3) is 7.43. The molecule has 6 nitrogen and oxygen atoms in total. The number of thioether (sulfide) groups is 1. The molecule has 3 N–H and O–H groups in total. The summed E-state index contributed by atoms with van der Waals surface area (Å²) in [6.45, 7) is 5.87. The molecule has 0 bridgehead atoms. The third-order valence-corrected chi connectivity index (χ3v) is 8.42. The van der Waals surface area contributed by atoms with E-state index in [1.807, 2.05) is 99.6 Å². The van der Waals surface area contributed by atoms with E-state index in [1.165, 1.54) is 11.8 Å². The molecule has 0 saturated carbocycles. The van der Waals surface area contributed by atoms with Crippen molar-refractivity contribution < 1.29 is 14.4 Å². The number of benzene rings is 5. The normalized spacial score (nSPS) is 11.9. The smallest absolute Gasteiger partial charge is 0.272 e. The molecule has 0 aliphatic heterocycles. The van der Waals surface area contributed by atoms with Crippen molar-refractivity contribution in [1.29, 1.82) is 0 Å². The summed E-state index contributed by atoms with van der Waals surface area (Å²) in [5.74, 6) is -0.922. The second-order valence-corrected chi connectivity index (χ2v) is 11.8. The van der Waals surface area contributed by atoms with Gasteiger partial charge in [-0.3, -0.25) is 14.4 Å². The molecule has 7 heteroatoms. The highest BCUT2D eigenvalue weighted by molar-refractivity contribution is 8.00. The highest BCUT2D eigenvalue weighted by atomic mass is 32.2. The van der Waals surface area contributed by atoms with E-state index in [-0.39, 0.29) is 22.8 Å². The summed E-state index contributed by atoms with van der Waals surface area (Å²) >= 11 is 1.43. The second-order valence-electron chi connectivity index (χ2n) is 10.4. The van der Waals surface area contributed by atoms with Crippen LogP contribution in [0.5, 0.6) is 0 Å². The largest absolute Gasteiger partial charge is 0.325 e. The molecule has 0 radical (unpaired) electrons. The van der Waals surface area contributed by atoms with Gasteiger partial charge in [-0.2, -0.15) is 0 Å². The standard InChI is InChI=1S/C37H33N3O3S/c1-24-11-9-18-33(25(24)2)39-35(41)26(3)44-31-21-19-30(20-22-31)38-37(43)34(40-36(42)28-13-5-4-6-14-28)23-29-16-10-15-27-12-7-8-17-32(27)29/h4-23,26H,1-3H3,(H,38,43)(H,39,41)(H,40,42)/b34-23-. The summed E-state index contributed by atoms with van der Waals surface area (Å²) in [7, 11) is 0. The van der Waals surface area contributed by atoms with Gasteiger partial charge in [0.15, 0.2) is 0 Å². The van der Waals surface area contributed by atoms with Crippen LogP contribution >= 0.6 is 11.8 Å². The van der Waals surface area contributed by atoms with E-state index in [2.05, 4.69) is 16.0 Å². The van der Waals surface area contributed by atoms with E-state index in [0.717, 1.165) is 38.0 Å². The number of nitrogens with one attached hydrogen (secondary N) is 3. The van der Waals surface area contributed by atoms with E-state index in [1.54, 1.807) is 42.5 Å². The van der Waals surface area contributed by atoms with Crippen molar-refractivity contribution in [2.45, 2.75) is 30.9 Å². The molecule has 5 aromatic carbocycles. The molecule has 0 heterocycles. The van der Waals surface area contributed by atoms with Gasteiger partial charge < -0.3 is 16.0 Å². The summed E-state index contributed by atoms with van der Waals surface area (Å²) in [6, 6.07) is 35.6. The zero-order valence-corrected chi connectivity index (χ0v) is 25.6. The summed E-state index contributed by atoms with van der Waals surface area (Å²) in [5.41, 5.74) is 4.91. The number of fused-ring (bicyclic) bond motifs is 1. The van der Waals surface area contributed by atoms with E-state index >= 15 is 0 Å². The molecule has 0 aromatic heterocycles. The molecule has 0 aliphatic rings. The monoisotopic (exact) mass is 599 g/mol. The summed E-state index contributed by atoms with van der Waals surface area (Å²) in [4.78, 5) is 40.3. The molecule has 0 spiro atoms. The second kappa shape index (κ2) is 13.9. The lowest BCUT2D eigenvalue weighted by Crippen LogP contribution is -2.30. The lowest BCUT2D eigenvalue weighted by molar-refractivity contribution is -0.115. The number of amides is 3. The van der Waals surface area contributed by atoms with Crippen LogP contribution in [-0.4, -0.2) is 23.0 Å². The van der Waals surface area contributed by atoms with Gasteiger partial charge in [-0.05, 0) is 96.8 Å². The van der Waals surface area contributed by atoms with Crippen molar-refractivity contribution in [3.05, 3.63) is 143 Å². The van der Waals surface area contributed by atoms with Crippen molar-refractivity contribution in [3.8, 4) is 0 Å². The van der Waals surface area contributed by atoms with Crippen LogP contribution in [0.1, 0.15) is 34.0 Å². The molecule has 220 valence electrons. The van der Waals surface area contributed by atoms with Crippen molar-refractivity contribution in [3.63, 3.8) is 0 Å². The fourth-order valence-corrected chi connectivity index (χ4v) is 5.54. The highest BCUT2D eigenvalue weighted by Gasteiger charge is 2.18. The Morgan fingerprint density at radius 2 is 1.41 bits per heavy atom. The van der Waals surface area contributed by atoms with E-state index in [9.17, 15) is 14.4 Å². The molecule has 44 heavy (non-hydrogen) atoms. The maximum absolute atomic E-state index is 13.5. The molecular weight excluding hydrogens is 566 g/mol. The van der Waals surface area contributed by atoms with Gasteiger partial charge in [0.2, 0.25) is 5.91 Å². The fourth-order valence-electron chi connectivity index (χ4n) is 4.67. The van der Waals surface area contributed by atoms with Crippen LogP contribution in [0.2, 0.25) is 0 Å². The number of carbonyl (C=O) groups is 3. The van der Waals surface area contributed by atoms with Crippen LogP contribution in [0.15, 0.2) is 126 Å². The molecule has 5 aromatic rings. The maximum Gasteiger partial charge on any atom is 0.272 e. The van der Waals surface area contributed by atoms with Crippen molar-refractivity contribution in [2.24, 2.45) is 0 Å². The van der Waals surface area contributed by atoms with Crippen LogP contribution in [0.25, 0.3) is 16.8 Å². The molecule has 1 unspecified atom stereocenters. The molecule has 0 fully saturated rings. The molecule has 3 amide bonds. The van der Waals surface area contributed by atoms with Gasteiger partial charge >= 0.3 is 0 Å². The Labute approximate surface area is 261 Å². The van der Waals surface area contributed by atoms with Crippen LogP contribution in [-0.2, 0) is 9.59 Å². The topological polar surface area (TPSA) is 87.3 Å². The average molecular weight is 600 g/mol. The Morgan fingerprint density at radius 1 is 0.727 bits per heavy atom. The zero-order chi connectivity index (χ0) is 31.1. The van der Waals surface area contributed by atoms with Crippen molar-refractivity contribution in [2.75, 3.05) is 10.6 Å². The first-order valence-electron chi connectivity index (χ1n) is 14.3. The minimum absolute atomic E-state index is 0.0848. The van der Waals surface area contributed by atoms with Crippen LogP contribution < -0.4 is 16.0 Å². The Kier molecular flexibility index (Phi) is 9.57. The first-order chi connectivity index (χ1) is 21.3. The Bertz CT molecular complexity index is 1840. The van der Waals surface area contributed by atoms with E-state index in [4.69, 9.17) is 0 Å². The number of hydrogen-bond acceptors (Lipinski definition) is 4. The SMILES string of the molecule is Cc1cccc(NC(=O)C(C)Sc2ccc(NC(=O)/C(=C/c3cccc4ccccc34)NC(=O)c3ccccc3)cc2)c1C.